The van der Waals surface area contributed by atoms with Crippen LogP contribution in [0.1, 0.15) is 38.2 Å². The number of hydrogen-bond donors (Lipinski definition) is 1. The van der Waals surface area contributed by atoms with Crippen LogP contribution in [0, 0.1) is 23.3 Å². The van der Waals surface area contributed by atoms with Crippen molar-refractivity contribution in [1.29, 1.82) is 5.26 Å². The van der Waals surface area contributed by atoms with Crippen molar-refractivity contribution in [2.45, 2.75) is 32.6 Å². The van der Waals surface area contributed by atoms with Gasteiger partial charge in [0.2, 0.25) is 0 Å². The number of para-hydroxylation sites is 1. The molecule has 0 fully saturated rings. The van der Waals surface area contributed by atoms with E-state index in [0.717, 1.165) is 48.2 Å². The van der Waals surface area contributed by atoms with Gasteiger partial charge < -0.3 is 5.32 Å². The van der Waals surface area contributed by atoms with Gasteiger partial charge in [-0.1, -0.05) is 43.7 Å². The molecule has 2 aromatic heterocycles. The Bertz CT molecular complexity index is 1460. The minimum absolute atomic E-state index is 0.138. The molecule has 4 rings (SSSR count). The SMILES string of the molecule is CCCC(C#[N+]c1ccc(C#N)cn1)CCCN(C(=O)Nc1ccccc1)c1ccc(-c2cnn(C)c2)cc1. The fourth-order valence-electron chi connectivity index (χ4n) is 4.26. The summed E-state index contributed by atoms with van der Waals surface area (Å²) in [6.07, 6.45) is 8.86. The number of carbonyl (C=O) groups excluding carboxylic acids is 1. The molecular weight excluding hydrogens is 486 g/mol. The smallest absolute Gasteiger partial charge is 0.308 e. The molecule has 196 valence electrons. The molecule has 8 heteroatoms. The fraction of sp³-hybridized carbons (Fsp3) is 0.258. The van der Waals surface area contributed by atoms with Gasteiger partial charge in [0.25, 0.3) is 0 Å². The van der Waals surface area contributed by atoms with Gasteiger partial charge in [0, 0.05) is 36.7 Å². The summed E-state index contributed by atoms with van der Waals surface area (Å²) in [6, 6.07) is 26.0. The van der Waals surface area contributed by atoms with Crippen LogP contribution in [0.25, 0.3) is 16.0 Å². The minimum atomic E-state index is -0.179. The van der Waals surface area contributed by atoms with Gasteiger partial charge in [0.1, 0.15) is 6.07 Å². The molecule has 1 unspecified atom stereocenters. The molecule has 1 atom stereocenters. The number of aromatic nitrogens is 3. The van der Waals surface area contributed by atoms with Crippen LogP contribution in [-0.2, 0) is 7.05 Å². The standard InChI is InChI=1S/C31H31N7O/c1-3-8-24(20-33-30-17-12-25(19-32)21-34-30)9-7-18-38(31(39)36-28-10-5-4-6-11-28)29-15-13-26(14-16-29)27-22-35-37(2)23-27/h4-6,10-17,21-24H,3,7-9,18H2,1-2H3/p+1. The van der Waals surface area contributed by atoms with Gasteiger partial charge in [-0.05, 0) is 60.1 Å². The number of nitrogens with zero attached hydrogens (tertiary/aromatic N) is 6. The molecule has 0 radical (unpaired) electrons. The number of pyridine rings is 1. The van der Waals surface area contributed by atoms with Gasteiger partial charge in [0.05, 0.1) is 23.7 Å². The van der Waals surface area contributed by atoms with Crippen LogP contribution in [0.2, 0.25) is 0 Å². The zero-order chi connectivity index (χ0) is 27.5. The first-order valence-corrected chi connectivity index (χ1v) is 13.1. The van der Waals surface area contributed by atoms with Gasteiger partial charge in [-0.3, -0.25) is 9.58 Å². The van der Waals surface area contributed by atoms with Crippen LogP contribution in [0.4, 0.5) is 22.0 Å². The Morgan fingerprint density at radius 2 is 1.85 bits per heavy atom. The topological polar surface area (TPSA) is 91.2 Å². The summed E-state index contributed by atoms with van der Waals surface area (Å²) in [5, 5.41) is 16.2. The molecule has 2 amide bonds. The van der Waals surface area contributed by atoms with Crippen molar-refractivity contribution in [2.24, 2.45) is 13.0 Å². The molecule has 2 heterocycles. The lowest BCUT2D eigenvalue weighted by atomic mass is 9.99. The number of carbonyl (C=O) groups is 1. The number of hydrogen-bond acceptors (Lipinski definition) is 4. The molecule has 0 spiro atoms. The van der Waals surface area contributed by atoms with E-state index in [2.05, 4.69) is 39.3 Å². The number of amides is 2. The number of rotatable bonds is 9. The van der Waals surface area contributed by atoms with Crippen molar-refractivity contribution in [1.82, 2.24) is 14.8 Å². The molecule has 0 bridgehead atoms. The van der Waals surface area contributed by atoms with E-state index in [4.69, 9.17) is 5.26 Å². The molecule has 4 aromatic rings. The monoisotopic (exact) mass is 518 g/mol. The first kappa shape index (κ1) is 27.1. The molecule has 2 aromatic carbocycles. The molecule has 8 nitrogen and oxygen atoms in total. The first-order valence-electron chi connectivity index (χ1n) is 13.1. The van der Waals surface area contributed by atoms with E-state index in [1.165, 1.54) is 6.20 Å². The van der Waals surface area contributed by atoms with E-state index in [0.29, 0.717) is 17.9 Å². The zero-order valence-corrected chi connectivity index (χ0v) is 22.3. The summed E-state index contributed by atoms with van der Waals surface area (Å²) in [6.45, 7) is 2.68. The summed E-state index contributed by atoms with van der Waals surface area (Å²) >= 11 is 0. The second-order valence-corrected chi connectivity index (χ2v) is 9.28. The van der Waals surface area contributed by atoms with E-state index >= 15 is 0 Å². The van der Waals surface area contributed by atoms with Gasteiger partial charge in [-0.2, -0.15) is 15.2 Å². The van der Waals surface area contributed by atoms with E-state index in [1.807, 2.05) is 74.0 Å². The zero-order valence-electron chi connectivity index (χ0n) is 22.3. The number of nitriles is 1. The third-order valence-electron chi connectivity index (χ3n) is 6.30. The van der Waals surface area contributed by atoms with Gasteiger partial charge in [-0.15, -0.1) is 0 Å². The lowest BCUT2D eigenvalue weighted by molar-refractivity contribution is 0.256. The number of aryl methyl sites for hydroxylation is 1. The summed E-state index contributed by atoms with van der Waals surface area (Å²) in [5.74, 6) is 0.673. The Morgan fingerprint density at radius 3 is 2.49 bits per heavy atom. The van der Waals surface area contributed by atoms with Gasteiger partial charge in [0.15, 0.2) is 12.3 Å². The molecule has 0 saturated heterocycles. The maximum Gasteiger partial charge on any atom is 0.425 e. The molecule has 0 aliphatic heterocycles. The highest BCUT2D eigenvalue weighted by atomic mass is 16.2. The maximum atomic E-state index is 13.4. The average Bonchev–Trinajstić information content (AvgIpc) is 3.41. The highest BCUT2D eigenvalue weighted by Gasteiger charge is 2.18. The number of nitrogens with one attached hydrogen (secondary N) is 1. The quantitative estimate of drug-likeness (QED) is 0.253. The predicted octanol–water partition coefficient (Wildman–Crippen LogP) is 7.25. The Hall–Kier alpha value is -4.95. The number of urea groups is 1. The second-order valence-electron chi connectivity index (χ2n) is 9.28. The van der Waals surface area contributed by atoms with Gasteiger partial charge in [-0.25, -0.2) is 4.79 Å². The van der Waals surface area contributed by atoms with Crippen LogP contribution >= 0.6 is 0 Å². The van der Waals surface area contributed by atoms with Crippen LogP contribution < -0.4 is 10.2 Å². The Kier molecular flexibility index (Phi) is 9.42. The highest BCUT2D eigenvalue weighted by Crippen LogP contribution is 2.25. The Balaban J connectivity index is 1.47. The Morgan fingerprint density at radius 1 is 1.05 bits per heavy atom. The van der Waals surface area contributed by atoms with E-state index in [9.17, 15) is 4.79 Å². The molecule has 1 N–H and O–H groups in total. The third-order valence-corrected chi connectivity index (χ3v) is 6.30. The van der Waals surface area contributed by atoms with E-state index in [1.54, 1.807) is 21.7 Å². The minimum Gasteiger partial charge on any atom is -0.308 e. The predicted molar refractivity (Wildman–Crippen MR) is 155 cm³/mol. The largest absolute Gasteiger partial charge is 0.425 e. The molecular formula is C31H32N7O+. The summed E-state index contributed by atoms with van der Waals surface area (Å²) in [4.78, 5) is 23.8. The van der Waals surface area contributed by atoms with Crippen molar-refractivity contribution >= 4 is 23.2 Å². The fourth-order valence-corrected chi connectivity index (χ4v) is 4.26. The third kappa shape index (κ3) is 7.77. The summed E-state index contributed by atoms with van der Waals surface area (Å²) < 4.78 is 1.77. The summed E-state index contributed by atoms with van der Waals surface area (Å²) in [7, 11) is 1.89. The number of anilines is 2. The van der Waals surface area contributed by atoms with Crippen LogP contribution in [0.5, 0.6) is 0 Å². The maximum absolute atomic E-state index is 13.4. The highest BCUT2D eigenvalue weighted by molar-refractivity contribution is 6.01. The first-order chi connectivity index (χ1) is 19.1. The molecule has 0 saturated carbocycles. The van der Waals surface area contributed by atoms with E-state index in [-0.39, 0.29) is 11.9 Å². The van der Waals surface area contributed by atoms with Crippen molar-refractivity contribution in [3.05, 3.63) is 95.7 Å². The lowest BCUT2D eigenvalue weighted by Crippen LogP contribution is -2.36. The normalized spacial score (nSPS) is 11.1. The van der Waals surface area contributed by atoms with Crippen molar-refractivity contribution in [2.75, 3.05) is 16.8 Å². The van der Waals surface area contributed by atoms with Crippen LogP contribution in [-0.4, -0.2) is 27.3 Å². The van der Waals surface area contributed by atoms with Crippen molar-refractivity contribution < 1.29 is 4.79 Å². The summed E-state index contributed by atoms with van der Waals surface area (Å²) in [5.41, 5.74) is 4.14. The average molecular weight is 519 g/mol. The lowest BCUT2D eigenvalue weighted by Gasteiger charge is -2.24. The molecule has 0 aliphatic rings. The van der Waals surface area contributed by atoms with Crippen LogP contribution in [0.3, 0.4) is 0 Å². The second kappa shape index (κ2) is 13.6. The van der Waals surface area contributed by atoms with Gasteiger partial charge >= 0.3 is 11.8 Å². The molecule has 39 heavy (non-hydrogen) atoms. The molecule has 0 aliphatic carbocycles. The van der Waals surface area contributed by atoms with E-state index < -0.39 is 0 Å². The number of benzene rings is 2. The van der Waals surface area contributed by atoms with Crippen molar-refractivity contribution in [3.63, 3.8) is 0 Å². The van der Waals surface area contributed by atoms with Crippen molar-refractivity contribution in [3.8, 4) is 23.3 Å². The Labute approximate surface area is 229 Å². The van der Waals surface area contributed by atoms with Crippen LogP contribution in [0.15, 0.2) is 85.3 Å².